The van der Waals surface area contributed by atoms with Gasteiger partial charge in [0.05, 0.1) is 18.4 Å². The molecule has 0 aliphatic rings. The van der Waals surface area contributed by atoms with Crippen LogP contribution in [0, 0.1) is 0 Å². The van der Waals surface area contributed by atoms with Crippen molar-refractivity contribution in [1.82, 2.24) is 14.8 Å². The van der Waals surface area contributed by atoms with E-state index < -0.39 is 0 Å². The van der Waals surface area contributed by atoms with Crippen molar-refractivity contribution in [2.24, 2.45) is 0 Å². The lowest BCUT2D eigenvalue weighted by atomic mass is 10.1. The van der Waals surface area contributed by atoms with Crippen LogP contribution in [0.2, 0.25) is 0 Å². The lowest BCUT2D eigenvalue weighted by Crippen LogP contribution is -2.07. The van der Waals surface area contributed by atoms with E-state index in [1.54, 1.807) is 12.3 Å². The normalized spacial score (nSPS) is 13.1. The zero-order chi connectivity index (χ0) is 12.3. The molecule has 0 aromatic carbocycles. The molecule has 17 heavy (non-hydrogen) atoms. The highest BCUT2D eigenvalue weighted by molar-refractivity contribution is 5.75. The summed E-state index contributed by atoms with van der Waals surface area (Å²) in [4.78, 5) is 4.24. The summed E-state index contributed by atoms with van der Waals surface area (Å²) in [7, 11) is 0. The Balaban J connectivity index is 2.17. The Morgan fingerprint density at radius 1 is 1.35 bits per heavy atom. The van der Waals surface area contributed by atoms with Crippen molar-refractivity contribution >= 4 is 11.0 Å². The number of nitrogens with zero attached hydrogens (tertiary/aromatic N) is 3. The topological polar surface area (TPSA) is 50.9 Å². The van der Waals surface area contributed by atoms with Gasteiger partial charge in [0.2, 0.25) is 0 Å². The Morgan fingerprint density at radius 2 is 2.18 bits per heavy atom. The Kier molecular flexibility index (Phi) is 3.61. The van der Waals surface area contributed by atoms with Crippen LogP contribution < -0.4 is 0 Å². The van der Waals surface area contributed by atoms with Gasteiger partial charge in [-0.1, -0.05) is 26.2 Å². The Hall–Kier alpha value is -1.58. The van der Waals surface area contributed by atoms with Gasteiger partial charge in [-0.2, -0.15) is 5.10 Å². The van der Waals surface area contributed by atoms with E-state index in [9.17, 15) is 5.11 Å². The maximum absolute atomic E-state index is 9.35. The average molecular weight is 233 g/mol. The van der Waals surface area contributed by atoms with Gasteiger partial charge in [0.1, 0.15) is 5.75 Å². The average Bonchev–Trinajstić information content (AvgIpc) is 2.72. The quantitative estimate of drug-likeness (QED) is 0.806. The molecular weight excluding hydrogens is 214 g/mol. The van der Waals surface area contributed by atoms with Gasteiger partial charge < -0.3 is 5.11 Å². The first-order valence-electron chi connectivity index (χ1n) is 6.24. The third-order valence-corrected chi connectivity index (χ3v) is 3.06. The van der Waals surface area contributed by atoms with E-state index >= 15 is 0 Å². The van der Waals surface area contributed by atoms with Gasteiger partial charge in [-0.05, 0) is 19.4 Å². The second kappa shape index (κ2) is 5.17. The van der Waals surface area contributed by atoms with E-state index in [-0.39, 0.29) is 5.75 Å². The SMILES string of the molecule is CCCCCC(C)n1ncc2cc(O)cnc21. The minimum Gasteiger partial charge on any atom is -0.506 e. The first kappa shape index (κ1) is 11.9. The van der Waals surface area contributed by atoms with Crippen LogP contribution in [0.3, 0.4) is 0 Å². The summed E-state index contributed by atoms with van der Waals surface area (Å²) < 4.78 is 1.95. The van der Waals surface area contributed by atoms with Crippen molar-refractivity contribution in [1.29, 1.82) is 0 Å². The predicted octanol–water partition coefficient (Wildman–Crippen LogP) is 3.28. The summed E-state index contributed by atoms with van der Waals surface area (Å²) in [6.45, 7) is 4.37. The first-order valence-corrected chi connectivity index (χ1v) is 6.24. The van der Waals surface area contributed by atoms with Gasteiger partial charge >= 0.3 is 0 Å². The summed E-state index contributed by atoms with van der Waals surface area (Å²) in [6.07, 6.45) is 8.07. The summed E-state index contributed by atoms with van der Waals surface area (Å²) in [5.41, 5.74) is 0.854. The van der Waals surface area contributed by atoms with Gasteiger partial charge in [0, 0.05) is 5.39 Å². The molecule has 4 nitrogen and oxygen atoms in total. The third kappa shape index (κ3) is 2.57. The van der Waals surface area contributed by atoms with Gasteiger partial charge in [-0.25, -0.2) is 9.67 Å². The van der Waals surface area contributed by atoms with Crippen molar-refractivity contribution in [2.75, 3.05) is 0 Å². The lowest BCUT2D eigenvalue weighted by molar-refractivity contribution is 0.447. The zero-order valence-corrected chi connectivity index (χ0v) is 10.4. The van der Waals surface area contributed by atoms with E-state index in [2.05, 4.69) is 23.9 Å². The molecule has 4 heteroatoms. The van der Waals surface area contributed by atoms with Gasteiger partial charge in [0.15, 0.2) is 5.65 Å². The molecule has 0 aliphatic carbocycles. The summed E-state index contributed by atoms with van der Waals surface area (Å²) in [5, 5.41) is 14.6. The van der Waals surface area contributed by atoms with Crippen molar-refractivity contribution < 1.29 is 5.11 Å². The van der Waals surface area contributed by atoms with E-state index in [4.69, 9.17) is 0 Å². The number of pyridine rings is 1. The molecule has 0 fully saturated rings. The standard InChI is InChI=1S/C13H19N3O/c1-3-4-5-6-10(2)16-13-11(8-15-16)7-12(17)9-14-13/h7-10,17H,3-6H2,1-2H3. The van der Waals surface area contributed by atoms with Crippen LogP contribution in [0.15, 0.2) is 18.5 Å². The van der Waals surface area contributed by atoms with Crippen molar-refractivity contribution in [3.63, 3.8) is 0 Å². The Bertz CT molecular complexity index is 492. The van der Waals surface area contributed by atoms with Gasteiger partial charge in [0.25, 0.3) is 0 Å². The van der Waals surface area contributed by atoms with Crippen LogP contribution in [-0.4, -0.2) is 19.9 Å². The summed E-state index contributed by atoms with van der Waals surface area (Å²) >= 11 is 0. The molecule has 2 heterocycles. The highest BCUT2D eigenvalue weighted by atomic mass is 16.3. The van der Waals surface area contributed by atoms with Crippen molar-refractivity contribution in [3.05, 3.63) is 18.5 Å². The largest absolute Gasteiger partial charge is 0.506 e. The molecule has 0 saturated heterocycles. The fourth-order valence-corrected chi connectivity index (χ4v) is 2.06. The van der Waals surface area contributed by atoms with Crippen LogP contribution in [-0.2, 0) is 0 Å². The molecule has 2 aromatic rings. The fourth-order valence-electron chi connectivity index (χ4n) is 2.06. The van der Waals surface area contributed by atoms with Gasteiger partial charge in [-0.3, -0.25) is 0 Å². The lowest BCUT2D eigenvalue weighted by Gasteiger charge is -2.12. The zero-order valence-electron chi connectivity index (χ0n) is 10.4. The van der Waals surface area contributed by atoms with E-state index in [1.807, 2.05) is 4.68 Å². The second-order valence-electron chi connectivity index (χ2n) is 4.54. The molecule has 2 rings (SSSR count). The summed E-state index contributed by atoms with van der Waals surface area (Å²) in [6, 6.07) is 2.06. The first-order chi connectivity index (χ1) is 8.22. The molecular formula is C13H19N3O. The van der Waals surface area contributed by atoms with Crippen LogP contribution in [0.5, 0.6) is 5.75 Å². The van der Waals surface area contributed by atoms with Crippen LogP contribution >= 0.6 is 0 Å². The smallest absolute Gasteiger partial charge is 0.158 e. The highest BCUT2D eigenvalue weighted by Gasteiger charge is 2.10. The van der Waals surface area contributed by atoms with Crippen molar-refractivity contribution in [3.8, 4) is 5.75 Å². The number of rotatable bonds is 5. The number of hydrogen-bond donors (Lipinski definition) is 1. The monoisotopic (exact) mass is 233 g/mol. The third-order valence-electron chi connectivity index (χ3n) is 3.06. The number of unbranched alkanes of at least 4 members (excludes halogenated alkanes) is 2. The highest BCUT2D eigenvalue weighted by Crippen LogP contribution is 2.22. The molecule has 0 aliphatic heterocycles. The molecule has 1 unspecified atom stereocenters. The van der Waals surface area contributed by atoms with E-state index in [0.717, 1.165) is 17.5 Å². The molecule has 1 atom stereocenters. The molecule has 0 saturated carbocycles. The molecule has 0 spiro atoms. The molecule has 1 N–H and O–H groups in total. The van der Waals surface area contributed by atoms with Crippen LogP contribution in [0.1, 0.15) is 45.6 Å². The van der Waals surface area contributed by atoms with Gasteiger partial charge in [-0.15, -0.1) is 0 Å². The Labute approximate surface area is 101 Å². The Morgan fingerprint density at radius 3 is 2.94 bits per heavy atom. The second-order valence-corrected chi connectivity index (χ2v) is 4.54. The molecule has 0 bridgehead atoms. The maximum Gasteiger partial charge on any atom is 0.158 e. The van der Waals surface area contributed by atoms with Crippen LogP contribution in [0.25, 0.3) is 11.0 Å². The minimum atomic E-state index is 0.190. The molecule has 0 amide bonds. The summed E-state index contributed by atoms with van der Waals surface area (Å²) in [5.74, 6) is 0.190. The number of hydrogen-bond acceptors (Lipinski definition) is 3. The minimum absolute atomic E-state index is 0.190. The number of fused-ring (bicyclic) bond motifs is 1. The van der Waals surface area contributed by atoms with Crippen LogP contribution in [0.4, 0.5) is 0 Å². The molecule has 92 valence electrons. The van der Waals surface area contributed by atoms with E-state index in [1.165, 1.54) is 25.5 Å². The predicted molar refractivity (Wildman–Crippen MR) is 68.0 cm³/mol. The number of aromatic hydroxyl groups is 1. The van der Waals surface area contributed by atoms with E-state index in [0.29, 0.717) is 6.04 Å². The van der Waals surface area contributed by atoms with Crippen molar-refractivity contribution in [2.45, 2.75) is 45.6 Å². The molecule has 0 radical (unpaired) electrons. The fraction of sp³-hybridized carbons (Fsp3) is 0.538. The maximum atomic E-state index is 9.35. The molecule has 2 aromatic heterocycles. The number of aromatic nitrogens is 3.